The molecule has 1 aromatic rings. The summed E-state index contributed by atoms with van der Waals surface area (Å²) < 4.78 is 9.79. The van der Waals surface area contributed by atoms with Crippen LogP contribution in [0.1, 0.15) is 17.3 Å². The van der Waals surface area contributed by atoms with E-state index in [0.29, 0.717) is 6.61 Å². The first-order chi connectivity index (χ1) is 8.56. The Morgan fingerprint density at radius 2 is 2.28 bits per heavy atom. The number of halogens is 1. The van der Waals surface area contributed by atoms with E-state index in [2.05, 4.69) is 4.98 Å². The topological polar surface area (TPSA) is 91.6 Å². The lowest BCUT2D eigenvalue weighted by Crippen LogP contribution is -2.12. The van der Waals surface area contributed by atoms with Crippen molar-refractivity contribution in [2.45, 2.75) is 6.92 Å². The average molecular weight is 275 g/mol. The molecule has 1 rings (SSSR count). The summed E-state index contributed by atoms with van der Waals surface area (Å²) in [7, 11) is 0. The summed E-state index contributed by atoms with van der Waals surface area (Å²) in [6.45, 7) is 2.55. The zero-order valence-corrected chi connectivity index (χ0v) is 10.3. The number of carbonyl (C=O) groups excluding carboxylic acids is 1. The van der Waals surface area contributed by atoms with Crippen LogP contribution in [0.3, 0.4) is 0 Å². The van der Waals surface area contributed by atoms with E-state index >= 15 is 0 Å². The van der Waals surface area contributed by atoms with Gasteiger partial charge in [-0.1, -0.05) is 11.6 Å². The molecule has 0 spiro atoms. The first-order valence-corrected chi connectivity index (χ1v) is 5.48. The van der Waals surface area contributed by atoms with E-state index in [1.807, 2.05) is 0 Å². The molecule has 0 unspecified atom stereocenters. The Kier molecular flexibility index (Phi) is 5.47. The zero-order valence-electron chi connectivity index (χ0n) is 9.59. The molecule has 0 bridgehead atoms. The molecular formula is C10H11ClN2O5. The van der Waals surface area contributed by atoms with E-state index in [9.17, 15) is 14.9 Å². The summed E-state index contributed by atoms with van der Waals surface area (Å²) in [4.78, 5) is 25.1. The normalized spacial score (nSPS) is 10.1. The number of hydrogen-bond donors (Lipinski definition) is 0. The third kappa shape index (κ3) is 3.94. The number of carbonyl (C=O) groups is 1. The Bertz CT molecular complexity index is 452. The third-order valence-electron chi connectivity index (χ3n) is 1.93. The van der Waals surface area contributed by atoms with E-state index in [1.54, 1.807) is 6.92 Å². The predicted octanol–water partition coefficient (Wildman–Crippen LogP) is 1.84. The quantitative estimate of drug-likeness (QED) is 0.258. The molecule has 0 saturated carbocycles. The van der Waals surface area contributed by atoms with Crippen molar-refractivity contribution in [1.82, 2.24) is 4.98 Å². The molecule has 8 heteroatoms. The van der Waals surface area contributed by atoms with Gasteiger partial charge in [0.05, 0.1) is 11.5 Å². The predicted molar refractivity (Wildman–Crippen MR) is 62.7 cm³/mol. The van der Waals surface area contributed by atoms with Crippen molar-refractivity contribution in [2.24, 2.45) is 0 Å². The molecule has 0 N–H and O–H groups in total. The molecule has 0 aromatic carbocycles. The fourth-order valence-electron chi connectivity index (χ4n) is 1.15. The molecule has 7 nitrogen and oxygen atoms in total. The molecule has 0 radical (unpaired) electrons. The van der Waals surface area contributed by atoms with Crippen LogP contribution in [0.25, 0.3) is 0 Å². The molecule has 0 fully saturated rings. The van der Waals surface area contributed by atoms with Crippen molar-refractivity contribution >= 4 is 23.3 Å². The number of nitro groups is 1. The van der Waals surface area contributed by atoms with Crippen LogP contribution < -0.4 is 0 Å². The second-order valence-electron chi connectivity index (χ2n) is 3.11. The average Bonchev–Trinajstić information content (AvgIpc) is 2.34. The lowest BCUT2D eigenvalue weighted by molar-refractivity contribution is -0.385. The smallest absolute Gasteiger partial charge is 0.345 e. The number of esters is 1. The molecular weight excluding hydrogens is 264 g/mol. The van der Waals surface area contributed by atoms with Gasteiger partial charge in [0.25, 0.3) is 0 Å². The van der Waals surface area contributed by atoms with Crippen molar-refractivity contribution < 1.29 is 19.2 Å². The Balaban J connectivity index is 2.77. The molecule has 0 saturated heterocycles. The van der Waals surface area contributed by atoms with Crippen molar-refractivity contribution in [3.05, 3.63) is 33.1 Å². The Hall–Kier alpha value is -1.73. The van der Waals surface area contributed by atoms with E-state index < -0.39 is 16.6 Å². The molecule has 0 aliphatic carbocycles. The van der Waals surface area contributed by atoms with Crippen LogP contribution in [0, 0.1) is 10.1 Å². The largest absolute Gasteiger partial charge is 0.459 e. The first kappa shape index (κ1) is 14.3. The van der Waals surface area contributed by atoms with Crippen molar-refractivity contribution in [3.63, 3.8) is 0 Å². The van der Waals surface area contributed by atoms with Gasteiger partial charge >= 0.3 is 11.7 Å². The summed E-state index contributed by atoms with van der Waals surface area (Å²) in [5, 5.41) is 10.7. The van der Waals surface area contributed by atoms with Gasteiger partial charge in [-0.3, -0.25) is 10.1 Å². The van der Waals surface area contributed by atoms with Gasteiger partial charge in [-0.05, 0) is 13.0 Å². The first-order valence-electron chi connectivity index (χ1n) is 5.11. The van der Waals surface area contributed by atoms with Gasteiger partial charge in [-0.15, -0.1) is 0 Å². The van der Waals surface area contributed by atoms with Gasteiger partial charge in [0.2, 0.25) is 0 Å². The fraction of sp³-hybridized carbons (Fsp3) is 0.400. The maximum absolute atomic E-state index is 11.6. The lowest BCUT2D eigenvalue weighted by Gasteiger charge is -2.05. The van der Waals surface area contributed by atoms with Gasteiger partial charge in [0.15, 0.2) is 0 Å². The van der Waals surface area contributed by atoms with E-state index in [4.69, 9.17) is 21.1 Å². The molecule has 0 amide bonds. The number of pyridine rings is 1. The number of ether oxygens (including phenoxy) is 2. The van der Waals surface area contributed by atoms with Crippen molar-refractivity contribution in [3.8, 4) is 0 Å². The van der Waals surface area contributed by atoms with Gasteiger partial charge in [-0.25, -0.2) is 9.78 Å². The summed E-state index contributed by atoms with van der Waals surface area (Å²) in [6, 6.07) is 1.10. The van der Waals surface area contributed by atoms with Gasteiger partial charge in [0.1, 0.15) is 23.5 Å². The second-order valence-corrected chi connectivity index (χ2v) is 3.50. The van der Waals surface area contributed by atoms with E-state index in [1.165, 1.54) is 0 Å². The summed E-state index contributed by atoms with van der Waals surface area (Å²) in [6.07, 6.45) is 0.918. The molecule has 0 atom stereocenters. The highest BCUT2D eigenvalue weighted by atomic mass is 35.5. The van der Waals surface area contributed by atoms with Gasteiger partial charge in [-0.2, -0.15) is 0 Å². The maximum Gasteiger partial charge on any atom is 0.345 e. The van der Waals surface area contributed by atoms with Crippen LogP contribution in [0.4, 0.5) is 5.69 Å². The van der Waals surface area contributed by atoms with E-state index in [-0.39, 0.29) is 23.9 Å². The molecule has 98 valence electrons. The number of hydrogen-bond acceptors (Lipinski definition) is 6. The highest BCUT2D eigenvalue weighted by Crippen LogP contribution is 2.21. The maximum atomic E-state index is 11.6. The molecule has 1 aromatic heterocycles. The molecule has 0 aliphatic rings. The summed E-state index contributed by atoms with van der Waals surface area (Å²) in [5.41, 5.74) is -0.669. The standard InChI is InChI=1S/C10H11ClN2O5/c1-2-17-3-4-18-10(14)7-5-9(11)12-6-8(7)13(15)16/h5-6H,2-4H2,1H3. The Morgan fingerprint density at radius 3 is 2.89 bits per heavy atom. The van der Waals surface area contributed by atoms with Crippen LogP contribution >= 0.6 is 11.6 Å². The molecule has 0 aliphatic heterocycles. The Labute approximate surface area is 108 Å². The summed E-state index contributed by atoms with van der Waals surface area (Å²) >= 11 is 5.58. The molecule has 1 heterocycles. The van der Waals surface area contributed by atoms with Crippen molar-refractivity contribution in [2.75, 3.05) is 19.8 Å². The van der Waals surface area contributed by atoms with Crippen LogP contribution in [0.5, 0.6) is 0 Å². The highest BCUT2D eigenvalue weighted by molar-refractivity contribution is 6.29. The summed E-state index contributed by atoms with van der Waals surface area (Å²) in [5.74, 6) is -0.828. The Morgan fingerprint density at radius 1 is 1.56 bits per heavy atom. The van der Waals surface area contributed by atoms with Crippen LogP contribution in [-0.4, -0.2) is 35.7 Å². The highest BCUT2D eigenvalue weighted by Gasteiger charge is 2.22. The van der Waals surface area contributed by atoms with Crippen LogP contribution in [-0.2, 0) is 9.47 Å². The second kappa shape index (κ2) is 6.87. The minimum absolute atomic E-state index is 0.0163. The third-order valence-corrected chi connectivity index (χ3v) is 2.14. The minimum atomic E-state index is -0.828. The monoisotopic (exact) mass is 274 g/mol. The minimum Gasteiger partial charge on any atom is -0.459 e. The van der Waals surface area contributed by atoms with Crippen LogP contribution in [0.2, 0.25) is 5.15 Å². The zero-order chi connectivity index (χ0) is 13.5. The van der Waals surface area contributed by atoms with Gasteiger partial charge < -0.3 is 9.47 Å². The lowest BCUT2D eigenvalue weighted by atomic mass is 10.2. The van der Waals surface area contributed by atoms with E-state index in [0.717, 1.165) is 12.3 Å². The SMILES string of the molecule is CCOCCOC(=O)c1cc(Cl)ncc1[N+](=O)[O-]. The van der Waals surface area contributed by atoms with Gasteiger partial charge in [0, 0.05) is 6.61 Å². The fourth-order valence-corrected chi connectivity index (χ4v) is 1.30. The number of nitrogens with zero attached hydrogens (tertiary/aromatic N) is 2. The van der Waals surface area contributed by atoms with Crippen molar-refractivity contribution in [1.29, 1.82) is 0 Å². The number of aromatic nitrogens is 1. The molecule has 18 heavy (non-hydrogen) atoms. The number of rotatable bonds is 6. The van der Waals surface area contributed by atoms with Crippen LogP contribution in [0.15, 0.2) is 12.3 Å².